The summed E-state index contributed by atoms with van der Waals surface area (Å²) in [7, 11) is 0. The Balaban J connectivity index is 1.71. The number of ether oxygens (including phenoxy) is 1. The van der Waals surface area contributed by atoms with E-state index in [9.17, 15) is 14.9 Å². The van der Waals surface area contributed by atoms with E-state index < -0.39 is 0 Å². The number of anilines is 1. The fraction of sp³-hybridized carbons (Fsp3) is 0.400. The highest BCUT2D eigenvalue weighted by atomic mass is 32.1. The minimum atomic E-state index is -0.351. The van der Waals surface area contributed by atoms with Crippen molar-refractivity contribution in [3.05, 3.63) is 46.1 Å². The number of hydrogen-bond donors (Lipinski definition) is 1. The number of amides is 2. The van der Waals surface area contributed by atoms with Crippen LogP contribution in [0.3, 0.4) is 0 Å². The first kappa shape index (κ1) is 19.8. The van der Waals surface area contributed by atoms with E-state index in [1.165, 1.54) is 11.3 Å². The molecule has 0 aliphatic carbocycles. The van der Waals surface area contributed by atoms with Gasteiger partial charge in [0.2, 0.25) is 5.91 Å². The van der Waals surface area contributed by atoms with Crippen LogP contribution in [-0.4, -0.2) is 35.0 Å². The fourth-order valence-electron chi connectivity index (χ4n) is 3.22. The summed E-state index contributed by atoms with van der Waals surface area (Å²) in [5, 5.41) is 13.0. The number of hydrogen-bond acceptors (Lipinski definition) is 6. The van der Waals surface area contributed by atoms with E-state index in [0.29, 0.717) is 43.1 Å². The van der Waals surface area contributed by atoms with Crippen LogP contribution in [0.15, 0.2) is 24.5 Å². The smallest absolute Gasteiger partial charge is 0.410 e. The molecule has 0 saturated carbocycles. The molecule has 28 heavy (non-hydrogen) atoms. The summed E-state index contributed by atoms with van der Waals surface area (Å²) < 4.78 is 5.06. The predicted molar refractivity (Wildman–Crippen MR) is 106 cm³/mol. The van der Waals surface area contributed by atoms with Gasteiger partial charge in [-0.3, -0.25) is 9.78 Å². The standard InChI is InChI=1S/C20H22N4O3S/c1-3-27-20(26)24-8-6-15-16(10-21)19(28-17(15)12-24)23-18(25)9-13(2)14-5-4-7-22-11-14/h4-5,7,11,13H,3,6,8-9,12H2,1-2H3,(H,23,25)/t13-/m0/s1. The van der Waals surface area contributed by atoms with Crippen LogP contribution in [0.1, 0.15) is 47.8 Å². The van der Waals surface area contributed by atoms with Crippen LogP contribution in [0, 0.1) is 11.3 Å². The monoisotopic (exact) mass is 398 g/mol. The SMILES string of the molecule is CCOC(=O)N1CCc2c(sc(NC(=O)C[C@H](C)c3cccnc3)c2C#N)C1. The molecule has 2 amide bonds. The number of carbonyl (C=O) groups excluding carboxylic acids is 2. The van der Waals surface area contributed by atoms with Crippen molar-refractivity contribution < 1.29 is 14.3 Å². The molecule has 0 fully saturated rings. The molecule has 0 spiro atoms. The van der Waals surface area contributed by atoms with Crippen LogP contribution in [0.25, 0.3) is 0 Å². The molecule has 0 unspecified atom stereocenters. The molecule has 2 aromatic heterocycles. The molecule has 2 aromatic rings. The topological polar surface area (TPSA) is 95.3 Å². The highest BCUT2D eigenvalue weighted by Crippen LogP contribution is 2.37. The Morgan fingerprint density at radius 1 is 1.50 bits per heavy atom. The molecule has 0 saturated heterocycles. The fourth-order valence-corrected chi connectivity index (χ4v) is 4.45. The number of rotatable bonds is 5. The van der Waals surface area contributed by atoms with Crippen LogP contribution in [0.5, 0.6) is 0 Å². The Kier molecular flexibility index (Phi) is 6.26. The van der Waals surface area contributed by atoms with Gasteiger partial charge in [-0.2, -0.15) is 5.26 Å². The van der Waals surface area contributed by atoms with Crippen LogP contribution >= 0.6 is 11.3 Å². The van der Waals surface area contributed by atoms with Crippen molar-refractivity contribution in [1.29, 1.82) is 5.26 Å². The molecule has 3 rings (SSSR count). The van der Waals surface area contributed by atoms with Crippen LogP contribution in [-0.2, 0) is 22.5 Å². The molecule has 1 aliphatic rings. The summed E-state index contributed by atoms with van der Waals surface area (Å²) in [5.74, 6) is -0.123. The third kappa shape index (κ3) is 4.31. The predicted octanol–water partition coefficient (Wildman–Crippen LogP) is 3.66. The molecular formula is C20H22N4O3S. The Hall–Kier alpha value is -2.92. The maximum absolute atomic E-state index is 12.5. The van der Waals surface area contributed by atoms with Gasteiger partial charge in [0.15, 0.2) is 0 Å². The molecule has 1 N–H and O–H groups in total. The van der Waals surface area contributed by atoms with Gasteiger partial charge in [-0.25, -0.2) is 4.79 Å². The van der Waals surface area contributed by atoms with E-state index in [1.807, 2.05) is 19.1 Å². The molecule has 1 aliphatic heterocycles. The lowest BCUT2D eigenvalue weighted by Crippen LogP contribution is -2.35. The van der Waals surface area contributed by atoms with Crippen molar-refractivity contribution in [3.8, 4) is 6.07 Å². The molecule has 7 nitrogen and oxygen atoms in total. The largest absolute Gasteiger partial charge is 0.450 e. The van der Waals surface area contributed by atoms with Gasteiger partial charge in [-0.15, -0.1) is 11.3 Å². The molecule has 1 atom stereocenters. The van der Waals surface area contributed by atoms with Gasteiger partial charge in [0, 0.05) is 30.2 Å². The van der Waals surface area contributed by atoms with E-state index in [2.05, 4.69) is 16.4 Å². The normalized spacial score (nSPS) is 14.0. The number of aromatic nitrogens is 1. The Morgan fingerprint density at radius 2 is 2.32 bits per heavy atom. The minimum absolute atomic E-state index is 0.0214. The van der Waals surface area contributed by atoms with E-state index in [-0.39, 0.29) is 17.9 Å². The zero-order valence-electron chi connectivity index (χ0n) is 15.9. The number of thiophene rings is 1. The zero-order chi connectivity index (χ0) is 20.1. The first-order valence-corrected chi connectivity index (χ1v) is 10.0. The number of pyridine rings is 1. The Bertz CT molecular complexity index is 904. The van der Waals surface area contributed by atoms with Crippen molar-refractivity contribution in [2.45, 2.75) is 39.2 Å². The van der Waals surface area contributed by atoms with Crippen LogP contribution in [0.4, 0.5) is 9.80 Å². The second-order valence-corrected chi connectivity index (χ2v) is 7.74. The molecular weight excluding hydrogens is 376 g/mol. The first-order chi connectivity index (χ1) is 13.5. The molecule has 0 aromatic carbocycles. The van der Waals surface area contributed by atoms with Gasteiger partial charge in [-0.1, -0.05) is 13.0 Å². The van der Waals surface area contributed by atoms with Gasteiger partial charge in [0.25, 0.3) is 0 Å². The summed E-state index contributed by atoms with van der Waals surface area (Å²) in [6.07, 6.45) is 3.98. The Morgan fingerprint density at radius 3 is 3.00 bits per heavy atom. The number of fused-ring (bicyclic) bond motifs is 1. The molecule has 3 heterocycles. The van der Waals surface area contributed by atoms with Crippen LogP contribution < -0.4 is 5.32 Å². The van der Waals surface area contributed by atoms with Gasteiger partial charge < -0.3 is 15.0 Å². The number of carbonyl (C=O) groups is 2. The van der Waals surface area contributed by atoms with Gasteiger partial charge >= 0.3 is 6.09 Å². The highest BCUT2D eigenvalue weighted by Gasteiger charge is 2.28. The van der Waals surface area contributed by atoms with E-state index in [4.69, 9.17) is 4.74 Å². The number of nitriles is 1. The van der Waals surface area contributed by atoms with Crippen LogP contribution in [0.2, 0.25) is 0 Å². The van der Waals surface area contributed by atoms with Crippen molar-refractivity contribution in [3.63, 3.8) is 0 Å². The lowest BCUT2D eigenvalue weighted by Gasteiger charge is -2.25. The molecule has 8 heteroatoms. The third-order valence-electron chi connectivity index (χ3n) is 4.69. The van der Waals surface area contributed by atoms with Gasteiger partial charge in [0.1, 0.15) is 11.1 Å². The maximum atomic E-state index is 12.5. The van der Waals surface area contributed by atoms with Gasteiger partial charge in [0.05, 0.1) is 18.7 Å². The summed E-state index contributed by atoms with van der Waals surface area (Å²) >= 11 is 1.36. The third-order valence-corrected chi connectivity index (χ3v) is 5.82. The van der Waals surface area contributed by atoms with E-state index in [1.54, 1.807) is 24.2 Å². The number of nitrogens with zero attached hydrogens (tertiary/aromatic N) is 3. The summed E-state index contributed by atoms with van der Waals surface area (Å²) in [6.45, 7) is 4.97. The van der Waals surface area contributed by atoms with Crippen molar-refractivity contribution >= 4 is 28.3 Å². The lowest BCUT2D eigenvalue weighted by molar-refractivity contribution is -0.116. The number of nitrogens with one attached hydrogen (secondary N) is 1. The van der Waals surface area contributed by atoms with E-state index >= 15 is 0 Å². The molecule has 146 valence electrons. The lowest BCUT2D eigenvalue weighted by atomic mass is 9.99. The first-order valence-electron chi connectivity index (χ1n) is 9.19. The zero-order valence-corrected chi connectivity index (χ0v) is 16.7. The summed E-state index contributed by atoms with van der Waals surface area (Å²) in [4.78, 5) is 31.1. The average molecular weight is 398 g/mol. The second kappa shape index (κ2) is 8.85. The van der Waals surface area contributed by atoms with Crippen molar-refractivity contribution in [2.75, 3.05) is 18.5 Å². The minimum Gasteiger partial charge on any atom is -0.450 e. The second-order valence-electron chi connectivity index (χ2n) is 6.63. The molecule has 0 radical (unpaired) electrons. The van der Waals surface area contributed by atoms with Gasteiger partial charge in [-0.05, 0) is 36.5 Å². The molecule has 0 bridgehead atoms. The van der Waals surface area contributed by atoms with Crippen molar-refractivity contribution in [2.24, 2.45) is 0 Å². The summed E-state index contributed by atoms with van der Waals surface area (Å²) in [5.41, 5.74) is 2.42. The highest BCUT2D eigenvalue weighted by molar-refractivity contribution is 7.16. The Labute approximate surface area is 167 Å². The average Bonchev–Trinajstić information content (AvgIpc) is 3.04. The van der Waals surface area contributed by atoms with Crippen molar-refractivity contribution in [1.82, 2.24) is 9.88 Å². The summed E-state index contributed by atoms with van der Waals surface area (Å²) in [6, 6.07) is 6.01. The quantitative estimate of drug-likeness (QED) is 0.829. The van der Waals surface area contributed by atoms with E-state index in [0.717, 1.165) is 16.0 Å². The maximum Gasteiger partial charge on any atom is 0.410 e.